The fourth-order valence-electron chi connectivity index (χ4n) is 1.43. The highest BCUT2D eigenvalue weighted by Gasteiger charge is 2.07. The molecule has 1 aromatic carbocycles. The summed E-state index contributed by atoms with van der Waals surface area (Å²) >= 11 is 6.15. The Kier molecular flexibility index (Phi) is 4.56. The van der Waals surface area contributed by atoms with Gasteiger partial charge in [0.25, 0.3) is 0 Å². The SMILES string of the molecule is CCCCc1c(P)cc(C(=N)N)cc1Cl. The Hall–Kier alpha value is -0.590. The lowest BCUT2D eigenvalue weighted by Crippen LogP contribution is -2.15. The topological polar surface area (TPSA) is 49.9 Å². The van der Waals surface area contributed by atoms with Gasteiger partial charge in [-0.15, -0.1) is 9.24 Å². The fourth-order valence-corrected chi connectivity index (χ4v) is 2.32. The summed E-state index contributed by atoms with van der Waals surface area (Å²) in [6.45, 7) is 2.15. The molecule has 0 amide bonds. The predicted molar refractivity (Wildman–Crippen MR) is 70.4 cm³/mol. The number of nitrogens with two attached hydrogens (primary N) is 1. The lowest BCUT2D eigenvalue weighted by atomic mass is 10.1. The van der Waals surface area contributed by atoms with Gasteiger partial charge < -0.3 is 5.73 Å². The van der Waals surface area contributed by atoms with Gasteiger partial charge in [-0.1, -0.05) is 24.9 Å². The number of hydrogen-bond donors (Lipinski definition) is 2. The van der Waals surface area contributed by atoms with E-state index in [2.05, 4.69) is 16.2 Å². The van der Waals surface area contributed by atoms with E-state index in [-0.39, 0.29) is 5.84 Å². The van der Waals surface area contributed by atoms with Crippen molar-refractivity contribution in [2.24, 2.45) is 5.73 Å². The smallest absolute Gasteiger partial charge is 0.122 e. The third-order valence-corrected chi connectivity index (χ3v) is 3.17. The lowest BCUT2D eigenvalue weighted by Gasteiger charge is -2.10. The van der Waals surface area contributed by atoms with Gasteiger partial charge in [-0.25, -0.2) is 0 Å². The van der Waals surface area contributed by atoms with Gasteiger partial charge in [0, 0.05) is 10.6 Å². The van der Waals surface area contributed by atoms with Crippen molar-refractivity contribution in [3.8, 4) is 0 Å². The summed E-state index contributed by atoms with van der Waals surface area (Å²) < 4.78 is 0. The van der Waals surface area contributed by atoms with Crippen molar-refractivity contribution in [1.82, 2.24) is 0 Å². The second kappa shape index (κ2) is 5.48. The number of rotatable bonds is 4. The van der Waals surface area contributed by atoms with Crippen LogP contribution in [-0.4, -0.2) is 5.84 Å². The maximum absolute atomic E-state index is 7.35. The maximum atomic E-state index is 7.35. The maximum Gasteiger partial charge on any atom is 0.122 e. The summed E-state index contributed by atoms with van der Waals surface area (Å²) in [5.41, 5.74) is 7.25. The normalized spacial score (nSPS) is 10.3. The van der Waals surface area contributed by atoms with Crippen molar-refractivity contribution < 1.29 is 0 Å². The van der Waals surface area contributed by atoms with Crippen molar-refractivity contribution in [3.63, 3.8) is 0 Å². The number of amidine groups is 1. The highest BCUT2D eigenvalue weighted by molar-refractivity contribution is 7.27. The molecular formula is C11H16ClN2P. The van der Waals surface area contributed by atoms with E-state index >= 15 is 0 Å². The molecule has 0 fully saturated rings. The van der Waals surface area contributed by atoms with Gasteiger partial charge in [-0.05, 0) is 35.8 Å². The molecule has 0 aliphatic rings. The molecule has 1 atom stereocenters. The molecule has 0 saturated carbocycles. The van der Waals surface area contributed by atoms with E-state index in [1.807, 2.05) is 6.07 Å². The molecule has 15 heavy (non-hydrogen) atoms. The Morgan fingerprint density at radius 2 is 2.20 bits per heavy atom. The number of unbranched alkanes of at least 4 members (excludes halogenated alkanes) is 1. The Morgan fingerprint density at radius 3 is 2.67 bits per heavy atom. The summed E-state index contributed by atoms with van der Waals surface area (Å²) in [7, 11) is 2.66. The molecule has 82 valence electrons. The van der Waals surface area contributed by atoms with E-state index in [1.54, 1.807) is 6.07 Å². The van der Waals surface area contributed by atoms with Gasteiger partial charge in [-0.2, -0.15) is 0 Å². The third kappa shape index (κ3) is 3.19. The van der Waals surface area contributed by atoms with Gasteiger partial charge >= 0.3 is 0 Å². The quantitative estimate of drug-likeness (QED) is 0.476. The van der Waals surface area contributed by atoms with Crippen LogP contribution in [0.3, 0.4) is 0 Å². The fraction of sp³-hybridized carbons (Fsp3) is 0.364. The highest BCUT2D eigenvalue weighted by Crippen LogP contribution is 2.20. The van der Waals surface area contributed by atoms with E-state index in [1.165, 1.54) is 0 Å². The second-order valence-electron chi connectivity index (χ2n) is 3.54. The average molecular weight is 243 g/mol. The molecule has 0 spiro atoms. The lowest BCUT2D eigenvalue weighted by molar-refractivity contribution is 0.798. The molecule has 4 heteroatoms. The summed E-state index contributed by atoms with van der Waals surface area (Å²) in [6.07, 6.45) is 3.25. The minimum absolute atomic E-state index is 0.0580. The summed E-state index contributed by atoms with van der Waals surface area (Å²) in [5, 5.41) is 9.10. The third-order valence-electron chi connectivity index (χ3n) is 2.32. The summed E-state index contributed by atoms with van der Waals surface area (Å²) in [4.78, 5) is 0. The monoisotopic (exact) mass is 242 g/mol. The summed E-state index contributed by atoms with van der Waals surface area (Å²) in [5.74, 6) is 0.0580. The molecule has 3 N–H and O–H groups in total. The van der Waals surface area contributed by atoms with Crippen molar-refractivity contribution in [2.45, 2.75) is 26.2 Å². The van der Waals surface area contributed by atoms with Crippen molar-refractivity contribution in [2.75, 3.05) is 0 Å². The number of nitrogen functional groups attached to an aromatic ring is 1. The van der Waals surface area contributed by atoms with Crippen molar-refractivity contribution >= 4 is 32.0 Å². The van der Waals surface area contributed by atoms with Crippen LogP contribution >= 0.6 is 20.8 Å². The molecular weight excluding hydrogens is 227 g/mol. The number of halogens is 1. The van der Waals surface area contributed by atoms with Crippen molar-refractivity contribution in [3.05, 3.63) is 28.3 Å². The molecule has 0 aliphatic carbocycles. The molecule has 1 unspecified atom stereocenters. The number of hydrogen-bond acceptors (Lipinski definition) is 1. The Morgan fingerprint density at radius 1 is 1.53 bits per heavy atom. The van der Waals surface area contributed by atoms with E-state index in [4.69, 9.17) is 22.7 Å². The molecule has 0 bridgehead atoms. The first-order valence-corrected chi connectivity index (χ1v) is 5.94. The van der Waals surface area contributed by atoms with Crippen LogP contribution in [0, 0.1) is 5.41 Å². The van der Waals surface area contributed by atoms with Crippen LogP contribution < -0.4 is 11.0 Å². The zero-order valence-electron chi connectivity index (χ0n) is 8.81. The van der Waals surface area contributed by atoms with Gasteiger partial charge in [0.15, 0.2) is 0 Å². The Bertz CT molecular complexity index is 354. The van der Waals surface area contributed by atoms with E-state index in [0.717, 1.165) is 30.1 Å². The molecule has 1 rings (SSSR count). The first kappa shape index (κ1) is 12.5. The van der Waals surface area contributed by atoms with Crippen LogP contribution in [0.2, 0.25) is 5.02 Å². The van der Waals surface area contributed by atoms with Crippen LogP contribution in [0.25, 0.3) is 0 Å². The van der Waals surface area contributed by atoms with E-state index < -0.39 is 0 Å². The zero-order chi connectivity index (χ0) is 11.4. The van der Waals surface area contributed by atoms with Crippen LogP contribution in [0.1, 0.15) is 30.9 Å². The first-order chi connectivity index (χ1) is 7.06. The standard InChI is InChI=1S/C11H16ClN2P/c1-2-3-4-8-9(12)5-7(11(13)14)6-10(8)15/h5-6H,2-4,15H2,1H3,(H3,13,14). The largest absolute Gasteiger partial charge is 0.384 e. The Labute approximate surface area is 97.9 Å². The molecule has 0 aliphatic heterocycles. The first-order valence-electron chi connectivity index (χ1n) is 4.98. The molecule has 0 saturated heterocycles. The molecule has 0 radical (unpaired) electrons. The number of benzene rings is 1. The summed E-state index contributed by atoms with van der Waals surface area (Å²) in [6, 6.07) is 3.66. The van der Waals surface area contributed by atoms with E-state index in [9.17, 15) is 0 Å². The van der Waals surface area contributed by atoms with Crippen LogP contribution in [0.4, 0.5) is 0 Å². The second-order valence-corrected chi connectivity index (χ2v) is 4.57. The van der Waals surface area contributed by atoms with Crippen molar-refractivity contribution in [1.29, 1.82) is 5.41 Å². The zero-order valence-corrected chi connectivity index (χ0v) is 10.7. The van der Waals surface area contributed by atoms with Gasteiger partial charge in [-0.3, -0.25) is 5.41 Å². The predicted octanol–water partition coefficient (Wildman–Crippen LogP) is 2.47. The molecule has 0 heterocycles. The van der Waals surface area contributed by atoms with Crippen LogP contribution in [0.15, 0.2) is 12.1 Å². The van der Waals surface area contributed by atoms with Gasteiger partial charge in [0.1, 0.15) is 5.84 Å². The molecule has 0 aromatic heterocycles. The van der Waals surface area contributed by atoms with Crippen LogP contribution in [0.5, 0.6) is 0 Å². The number of nitrogens with one attached hydrogen (secondary N) is 1. The van der Waals surface area contributed by atoms with E-state index in [0.29, 0.717) is 10.6 Å². The minimum Gasteiger partial charge on any atom is -0.384 e. The molecule has 2 nitrogen and oxygen atoms in total. The highest BCUT2D eigenvalue weighted by atomic mass is 35.5. The Balaban J connectivity index is 3.04. The minimum atomic E-state index is 0.0580. The van der Waals surface area contributed by atoms with Gasteiger partial charge in [0.2, 0.25) is 0 Å². The average Bonchev–Trinajstić information content (AvgIpc) is 2.16. The van der Waals surface area contributed by atoms with Gasteiger partial charge in [0.05, 0.1) is 0 Å². The van der Waals surface area contributed by atoms with Crippen LogP contribution in [-0.2, 0) is 6.42 Å². The molecule has 1 aromatic rings.